The average Bonchev–Trinajstić information content (AvgIpc) is 2.75. The molecule has 0 atom stereocenters. The van der Waals surface area contributed by atoms with Crippen molar-refractivity contribution in [3.63, 3.8) is 0 Å². The van der Waals surface area contributed by atoms with Crippen LogP contribution < -0.4 is 0 Å². The molecule has 1 N–H and O–H groups in total. The first-order chi connectivity index (χ1) is 6.77. The van der Waals surface area contributed by atoms with Gasteiger partial charge in [-0.1, -0.05) is 0 Å². The van der Waals surface area contributed by atoms with Crippen LogP contribution in [0, 0.1) is 0 Å². The molecule has 14 heavy (non-hydrogen) atoms. The maximum atomic E-state index is 11.2. The van der Waals surface area contributed by atoms with Gasteiger partial charge in [0.15, 0.2) is 5.78 Å². The van der Waals surface area contributed by atoms with Crippen molar-refractivity contribution in [2.45, 2.75) is 13.3 Å². The highest BCUT2D eigenvalue weighted by Crippen LogP contribution is 2.13. The van der Waals surface area contributed by atoms with E-state index in [0.717, 1.165) is 11.3 Å². The summed E-state index contributed by atoms with van der Waals surface area (Å²) in [6, 6.07) is 5.64. The van der Waals surface area contributed by atoms with E-state index in [-0.39, 0.29) is 5.78 Å². The van der Waals surface area contributed by atoms with E-state index in [4.69, 9.17) is 4.42 Å². The first-order valence-corrected chi connectivity index (χ1v) is 4.47. The molecular formula is C11H11NO2. The maximum Gasteiger partial charge on any atom is 0.176 e. The van der Waals surface area contributed by atoms with Crippen LogP contribution in [0.2, 0.25) is 0 Å². The molecule has 0 aliphatic rings. The normalized spacial score (nSPS) is 10.4. The molecule has 72 valence electrons. The van der Waals surface area contributed by atoms with Crippen molar-refractivity contribution in [3.05, 3.63) is 47.7 Å². The zero-order chi connectivity index (χ0) is 9.97. The predicted octanol–water partition coefficient (Wildman–Crippen LogP) is 2.40. The Balaban J connectivity index is 2.25. The molecule has 3 nitrogen and oxygen atoms in total. The fourth-order valence-electron chi connectivity index (χ4n) is 1.48. The van der Waals surface area contributed by atoms with Crippen molar-refractivity contribution in [1.82, 2.24) is 4.98 Å². The second-order valence-electron chi connectivity index (χ2n) is 3.19. The van der Waals surface area contributed by atoms with Crippen LogP contribution in [0.4, 0.5) is 0 Å². The molecule has 0 bridgehead atoms. The quantitative estimate of drug-likeness (QED) is 0.753. The second-order valence-corrected chi connectivity index (χ2v) is 3.19. The molecule has 0 amide bonds. The van der Waals surface area contributed by atoms with Crippen LogP contribution in [0.1, 0.15) is 28.7 Å². The highest BCUT2D eigenvalue weighted by molar-refractivity contribution is 5.93. The topological polar surface area (TPSA) is 46.0 Å². The van der Waals surface area contributed by atoms with Gasteiger partial charge in [0.2, 0.25) is 0 Å². The summed E-state index contributed by atoms with van der Waals surface area (Å²) in [5.74, 6) is 0.920. The summed E-state index contributed by atoms with van der Waals surface area (Å²) in [6.45, 7) is 1.55. The largest absolute Gasteiger partial charge is 0.469 e. The van der Waals surface area contributed by atoms with Gasteiger partial charge in [-0.05, 0) is 23.8 Å². The lowest BCUT2D eigenvalue weighted by Gasteiger charge is -1.97. The second kappa shape index (κ2) is 3.54. The molecule has 0 aromatic carbocycles. The van der Waals surface area contributed by atoms with Crippen LogP contribution in [0.15, 0.2) is 35.1 Å². The Morgan fingerprint density at radius 2 is 2.36 bits per heavy atom. The fourth-order valence-corrected chi connectivity index (χ4v) is 1.48. The summed E-state index contributed by atoms with van der Waals surface area (Å²) in [5.41, 5.74) is 1.65. The van der Waals surface area contributed by atoms with Gasteiger partial charge in [-0.3, -0.25) is 4.79 Å². The molecule has 3 heteroatoms. The number of aromatic nitrogens is 1. The van der Waals surface area contributed by atoms with Gasteiger partial charge in [-0.2, -0.15) is 0 Å². The van der Waals surface area contributed by atoms with Crippen molar-refractivity contribution in [2.75, 3.05) is 0 Å². The molecule has 0 aliphatic carbocycles. The number of furan rings is 1. The molecule has 0 saturated carbocycles. The van der Waals surface area contributed by atoms with E-state index in [1.165, 1.54) is 0 Å². The molecule has 0 unspecified atom stereocenters. The number of carbonyl (C=O) groups excluding carboxylic acids is 1. The standard InChI is InChI=1S/C11H11NO2/c1-8(13)11-9(4-5-12-11)7-10-3-2-6-14-10/h2-6,12H,7H2,1H3. The number of nitrogens with one attached hydrogen (secondary N) is 1. The third kappa shape index (κ3) is 1.62. The number of rotatable bonds is 3. The SMILES string of the molecule is CC(=O)c1[nH]ccc1Cc1ccco1. The van der Waals surface area contributed by atoms with Gasteiger partial charge in [-0.25, -0.2) is 0 Å². The van der Waals surface area contributed by atoms with Crippen molar-refractivity contribution < 1.29 is 9.21 Å². The monoisotopic (exact) mass is 189 g/mol. The zero-order valence-electron chi connectivity index (χ0n) is 7.91. The Labute approximate surface area is 81.7 Å². The van der Waals surface area contributed by atoms with Crippen LogP contribution >= 0.6 is 0 Å². The number of carbonyl (C=O) groups is 1. The van der Waals surface area contributed by atoms with E-state index in [0.29, 0.717) is 12.1 Å². The molecule has 0 fully saturated rings. The first-order valence-electron chi connectivity index (χ1n) is 4.47. The van der Waals surface area contributed by atoms with Crippen molar-refractivity contribution in [1.29, 1.82) is 0 Å². The van der Waals surface area contributed by atoms with Crippen LogP contribution in [-0.4, -0.2) is 10.8 Å². The Hall–Kier alpha value is -1.77. The van der Waals surface area contributed by atoms with Crippen LogP contribution in [0.5, 0.6) is 0 Å². The third-order valence-corrected chi connectivity index (χ3v) is 2.13. The number of Topliss-reactive ketones (excluding diaryl/α,β-unsaturated/α-hetero) is 1. The van der Waals surface area contributed by atoms with E-state index < -0.39 is 0 Å². The molecule has 0 saturated heterocycles. The highest BCUT2D eigenvalue weighted by Gasteiger charge is 2.09. The van der Waals surface area contributed by atoms with E-state index >= 15 is 0 Å². The minimum Gasteiger partial charge on any atom is -0.469 e. The molecule has 2 aromatic rings. The van der Waals surface area contributed by atoms with Gasteiger partial charge < -0.3 is 9.40 Å². The van der Waals surface area contributed by atoms with E-state index in [2.05, 4.69) is 4.98 Å². The van der Waals surface area contributed by atoms with Crippen LogP contribution in [0.25, 0.3) is 0 Å². The molecule has 2 aromatic heterocycles. The summed E-state index contributed by atoms with van der Waals surface area (Å²) in [6.07, 6.45) is 4.07. The molecular weight excluding hydrogens is 178 g/mol. The van der Waals surface area contributed by atoms with Crippen LogP contribution in [0.3, 0.4) is 0 Å². The van der Waals surface area contributed by atoms with Gasteiger partial charge in [0.1, 0.15) is 5.76 Å². The molecule has 2 rings (SSSR count). The van der Waals surface area contributed by atoms with Crippen molar-refractivity contribution >= 4 is 5.78 Å². The van der Waals surface area contributed by atoms with Crippen LogP contribution in [-0.2, 0) is 6.42 Å². The lowest BCUT2D eigenvalue weighted by molar-refractivity contribution is 0.101. The molecule has 2 heterocycles. The van der Waals surface area contributed by atoms with Gasteiger partial charge in [-0.15, -0.1) is 0 Å². The Bertz CT molecular complexity index is 426. The van der Waals surface area contributed by atoms with E-state index in [1.807, 2.05) is 18.2 Å². The summed E-state index contributed by atoms with van der Waals surface area (Å²) in [7, 11) is 0. The average molecular weight is 189 g/mol. The van der Waals surface area contributed by atoms with Gasteiger partial charge in [0.05, 0.1) is 12.0 Å². The lowest BCUT2D eigenvalue weighted by Crippen LogP contribution is -1.98. The minimum atomic E-state index is 0.0524. The Morgan fingerprint density at radius 1 is 1.50 bits per heavy atom. The Morgan fingerprint density at radius 3 is 3.00 bits per heavy atom. The molecule has 0 aliphatic heterocycles. The summed E-state index contributed by atoms with van der Waals surface area (Å²) >= 11 is 0. The Kier molecular flexibility index (Phi) is 2.23. The number of H-pyrrole nitrogens is 1. The number of hydrogen-bond donors (Lipinski definition) is 1. The predicted molar refractivity (Wildman–Crippen MR) is 52.3 cm³/mol. The molecule has 0 radical (unpaired) electrons. The number of ketones is 1. The number of hydrogen-bond acceptors (Lipinski definition) is 2. The number of aromatic amines is 1. The zero-order valence-corrected chi connectivity index (χ0v) is 7.91. The highest BCUT2D eigenvalue weighted by atomic mass is 16.3. The summed E-state index contributed by atoms with van der Waals surface area (Å²) in [4.78, 5) is 14.1. The lowest BCUT2D eigenvalue weighted by atomic mass is 10.1. The minimum absolute atomic E-state index is 0.0524. The van der Waals surface area contributed by atoms with E-state index in [9.17, 15) is 4.79 Å². The van der Waals surface area contributed by atoms with Crippen molar-refractivity contribution in [3.8, 4) is 0 Å². The third-order valence-electron chi connectivity index (χ3n) is 2.13. The van der Waals surface area contributed by atoms with Crippen molar-refractivity contribution in [2.24, 2.45) is 0 Å². The van der Waals surface area contributed by atoms with E-state index in [1.54, 1.807) is 19.4 Å². The first kappa shape index (κ1) is 8.81. The smallest absolute Gasteiger partial charge is 0.176 e. The fraction of sp³-hybridized carbons (Fsp3) is 0.182. The summed E-state index contributed by atoms with van der Waals surface area (Å²) < 4.78 is 5.22. The molecule has 0 spiro atoms. The maximum absolute atomic E-state index is 11.2. The van der Waals surface area contributed by atoms with Gasteiger partial charge in [0.25, 0.3) is 0 Å². The van der Waals surface area contributed by atoms with Gasteiger partial charge >= 0.3 is 0 Å². The van der Waals surface area contributed by atoms with Gasteiger partial charge in [0, 0.05) is 19.5 Å². The summed E-state index contributed by atoms with van der Waals surface area (Å²) in [5, 5.41) is 0.